The number of aromatic nitrogens is 2. The molecule has 6 nitrogen and oxygen atoms in total. The Labute approximate surface area is 174 Å². The number of anilines is 1. The Morgan fingerprint density at radius 1 is 1.10 bits per heavy atom. The number of nitrogens with zero attached hydrogens (tertiary/aromatic N) is 2. The Balaban J connectivity index is 1.79. The maximum absolute atomic E-state index is 13.1. The molecule has 146 valence electrons. The van der Waals surface area contributed by atoms with Gasteiger partial charge in [0.1, 0.15) is 11.2 Å². The van der Waals surface area contributed by atoms with Crippen molar-refractivity contribution in [3.63, 3.8) is 0 Å². The van der Waals surface area contributed by atoms with E-state index in [-0.39, 0.29) is 12.5 Å². The van der Waals surface area contributed by atoms with E-state index >= 15 is 0 Å². The third-order valence-corrected chi connectivity index (χ3v) is 5.59. The number of thiophene rings is 1. The van der Waals surface area contributed by atoms with Gasteiger partial charge in [-0.3, -0.25) is 14.2 Å². The van der Waals surface area contributed by atoms with Gasteiger partial charge in [0, 0.05) is 10.7 Å². The van der Waals surface area contributed by atoms with Crippen LogP contribution in [-0.2, 0) is 11.3 Å². The molecular formula is C21H16ClN3O3S. The van der Waals surface area contributed by atoms with Crippen LogP contribution in [0.2, 0.25) is 5.02 Å². The number of halogens is 1. The van der Waals surface area contributed by atoms with E-state index in [1.54, 1.807) is 41.8 Å². The topological polar surface area (TPSA) is 73.1 Å². The molecule has 2 heterocycles. The number of hydrogen-bond acceptors (Lipinski definition) is 4. The summed E-state index contributed by atoms with van der Waals surface area (Å²) in [5.41, 5.74) is 1.49. The van der Waals surface area contributed by atoms with Crippen molar-refractivity contribution in [2.45, 2.75) is 13.5 Å². The van der Waals surface area contributed by atoms with E-state index in [9.17, 15) is 14.4 Å². The molecule has 0 aliphatic carbocycles. The highest BCUT2D eigenvalue weighted by Crippen LogP contribution is 2.18. The first-order valence-corrected chi connectivity index (χ1v) is 10.1. The second kappa shape index (κ2) is 7.69. The van der Waals surface area contributed by atoms with Gasteiger partial charge < -0.3 is 5.32 Å². The number of hydrogen-bond donors (Lipinski definition) is 1. The first-order chi connectivity index (χ1) is 13.9. The zero-order valence-electron chi connectivity index (χ0n) is 15.4. The third-order valence-electron chi connectivity index (χ3n) is 4.44. The monoisotopic (exact) mass is 425 g/mol. The maximum Gasteiger partial charge on any atom is 0.336 e. The highest BCUT2D eigenvalue weighted by Gasteiger charge is 2.17. The van der Waals surface area contributed by atoms with Crippen LogP contribution in [-0.4, -0.2) is 15.0 Å². The Kier molecular flexibility index (Phi) is 5.08. The number of carbonyl (C=O) groups is 1. The molecule has 8 heteroatoms. The number of benzene rings is 2. The molecule has 0 saturated carbocycles. The van der Waals surface area contributed by atoms with Crippen LogP contribution >= 0.6 is 22.9 Å². The van der Waals surface area contributed by atoms with E-state index in [1.807, 2.05) is 25.1 Å². The van der Waals surface area contributed by atoms with E-state index in [1.165, 1.54) is 15.9 Å². The molecule has 0 radical (unpaired) electrons. The summed E-state index contributed by atoms with van der Waals surface area (Å²) >= 11 is 7.15. The fraction of sp³-hybridized carbons (Fsp3) is 0.0952. The highest BCUT2D eigenvalue weighted by atomic mass is 35.5. The van der Waals surface area contributed by atoms with E-state index in [4.69, 9.17) is 11.6 Å². The fourth-order valence-electron chi connectivity index (χ4n) is 3.12. The minimum absolute atomic E-state index is 0.214. The van der Waals surface area contributed by atoms with E-state index in [2.05, 4.69) is 5.32 Å². The second-order valence-electron chi connectivity index (χ2n) is 6.54. The number of aryl methyl sites for hydroxylation is 1. The summed E-state index contributed by atoms with van der Waals surface area (Å²) in [4.78, 5) is 38.7. The van der Waals surface area contributed by atoms with Gasteiger partial charge in [0.15, 0.2) is 0 Å². The predicted octanol–water partition coefficient (Wildman–Crippen LogP) is 3.81. The van der Waals surface area contributed by atoms with Crippen molar-refractivity contribution in [3.8, 4) is 5.69 Å². The smallest absolute Gasteiger partial charge is 0.325 e. The van der Waals surface area contributed by atoms with Crippen LogP contribution in [0.3, 0.4) is 0 Å². The van der Waals surface area contributed by atoms with Crippen molar-refractivity contribution < 1.29 is 4.79 Å². The van der Waals surface area contributed by atoms with Crippen molar-refractivity contribution in [1.82, 2.24) is 9.13 Å². The zero-order chi connectivity index (χ0) is 20.5. The molecule has 2 aromatic heterocycles. The maximum atomic E-state index is 13.1. The summed E-state index contributed by atoms with van der Waals surface area (Å²) in [6, 6.07) is 15.5. The van der Waals surface area contributed by atoms with Gasteiger partial charge in [-0.15, -0.1) is 11.3 Å². The normalized spacial score (nSPS) is 11.0. The van der Waals surface area contributed by atoms with E-state index in [0.29, 0.717) is 26.6 Å². The van der Waals surface area contributed by atoms with Gasteiger partial charge in [0.2, 0.25) is 5.91 Å². The predicted molar refractivity (Wildman–Crippen MR) is 117 cm³/mol. The lowest BCUT2D eigenvalue weighted by Crippen LogP contribution is -2.40. The van der Waals surface area contributed by atoms with Crippen LogP contribution in [0.25, 0.3) is 15.9 Å². The van der Waals surface area contributed by atoms with Gasteiger partial charge in [-0.2, -0.15) is 0 Å². The molecule has 0 atom stereocenters. The number of nitrogens with one attached hydrogen (secondary N) is 1. The van der Waals surface area contributed by atoms with Crippen LogP contribution < -0.4 is 16.6 Å². The summed E-state index contributed by atoms with van der Waals surface area (Å²) in [6.07, 6.45) is 0. The Bertz CT molecular complexity index is 1340. The van der Waals surface area contributed by atoms with Gasteiger partial charge in [0.25, 0.3) is 5.56 Å². The Hall–Kier alpha value is -3.16. The molecule has 0 bridgehead atoms. The average Bonchev–Trinajstić information content (AvgIpc) is 3.17. The van der Waals surface area contributed by atoms with Gasteiger partial charge in [-0.05, 0) is 60.3 Å². The Morgan fingerprint density at radius 3 is 2.59 bits per heavy atom. The molecule has 0 aliphatic rings. The minimum atomic E-state index is -0.581. The largest absolute Gasteiger partial charge is 0.336 e. The molecule has 4 aromatic rings. The van der Waals surface area contributed by atoms with Gasteiger partial charge in [-0.1, -0.05) is 23.7 Å². The molecule has 1 amide bonds. The van der Waals surface area contributed by atoms with Crippen molar-refractivity contribution >= 4 is 44.7 Å². The van der Waals surface area contributed by atoms with Crippen LogP contribution in [0.15, 0.2) is 69.6 Å². The van der Waals surface area contributed by atoms with Crippen molar-refractivity contribution in [2.75, 3.05) is 5.32 Å². The summed E-state index contributed by atoms with van der Waals surface area (Å²) in [5, 5.41) is 5.02. The molecule has 0 unspecified atom stereocenters. The number of amides is 1. The zero-order valence-corrected chi connectivity index (χ0v) is 17.0. The summed E-state index contributed by atoms with van der Waals surface area (Å²) in [5.74, 6) is -0.355. The molecule has 2 aromatic carbocycles. The fourth-order valence-corrected chi connectivity index (χ4v) is 4.07. The Morgan fingerprint density at radius 2 is 1.86 bits per heavy atom. The van der Waals surface area contributed by atoms with Crippen LogP contribution in [0.5, 0.6) is 0 Å². The number of carbonyl (C=O) groups excluding carboxylic acids is 1. The molecule has 29 heavy (non-hydrogen) atoms. The summed E-state index contributed by atoms with van der Waals surface area (Å²) in [6.45, 7) is 1.71. The standard InChI is InChI=1S/C21H16ClN3O3S/c1-13-3-2-4-15(11-13)23-18(26)12-24-17-9-10-29-19(17)20(27)25(21(24)28)16-7-5-14(22)6-8-16/h2-11H,12H2,1H3,(H,23,26). The molecule has 0 aliphatic heterocycles. The lowest BCUT2D eigenvalue weighted by molar-refractivity contribution is -0.116. The van der Waals surface area contributed by atoms with Gasteiger partial charge in [0.05, 0.1) is 11.2 Å². The SMILES string of the molecule is Cc1cccc(NC(=O)Cn2c(=O)n(-c3ccc(Cl)cc3)c(=O)c3sccc32)c1. The second-order valence-corrected chi connectivity index (χ2v) is 7.89. The lowest BCUT2D eigenvalue weighted by Gasteiger charge is -2.13. The minimum Gasteiger partial charge on any atom is -0.325 e. The highest BCUT2D eigenvalue weighted by molar-refractivity contribution is 7.17. The van der Waals surface area contributed by atoms with Crippen molar-refractivity contribution in [1.29, 1.82) is 0 Å². The van der Waals surface area contributed by atoms with Gasteiger partial charge >= 0.3 is 5.69 Å². The first-order valence-electron chi connectivity index (χ1n) is 8.79. The van der Waals surface area contributed by atoms with Gasteiger partial charge in [-0.25, -0.2) is 9.36 Å². The summed E-state index contributed by atoms with van der Waals surface area (Å²) in [7, 11) is 0. The molecule has 1 N–H and O–H groups in total. The van der Waals surface area contributed by atoms with Crippen LogP contribution in [0.4, 0.5) is 5.69 Å². The molecule has 4 rings (SSSR count). The molecule has 0 fully saturated rings. The first kappa shape index (κ1) is 19.2. The van der Waals surface area contributed by atoms with Crippen molar-refractivity contribution in [3.05, 3.63) is 91.4 Å². The molecule has 0 spiro atoms. The van der Waals surface area contributed by atoms with E-state index in [0.717, 1.165) is 10.1 Å². The third kappa shape index (κ3) is 3.74. The molecule has 0 saturated heterocycles. The van der Waals surface area contributed by atoms with Crippen molar-refractivity contribution in [2.24, 2.45) is 0 Å². The molecular weight excluding hydrogens is 410 g/mol. The van der Waals surface area contributed by atoms with Crippen LogP contribution in [0, 0.1) is 6.92 Å². The summed E-state index contributed by atoms with van der Waals surface area (Å²) < 4.78 is 2.78. The van der Waals surface area contributed by atoms with Crippen LogP contribution in [0.1, 0.15) is 5.56 Å². The quantitative estimate of drug-likeness (QED) is 0.540. The number of rotatable bonds is 4. The number of fused-ring (bicyclic) bond motifs is 1. The average molecular weight is 426 g/mol. The van der Waals surface area contributed by atoms with E-state index < -0.39 is 11.2 Å². The lowest BCUT2D eigenvalue weighted by atomic mass is 10.2.